The Morgan fingerprint density at radius 2 is 1.52 bits per heavy atom. The molecule has 0 spiro atoms. The van der Waals surface area contributed by atoms with Crippen LogP contribution in [0.5, 0.6) is 5.75 Å². The highest BCUT2D eigenvalue weighted by molar-refractivity contribution is 6.03. The highest BCUT2D eigenvalue weighted by Gasteiger charge is 2.46. The second-order valence-electron chi connectivity index (χ2n) is 7.22. The molecule has 3 heteroatoms. The first-order chi connectivity index (χ1) is 14.3. The lowest BCUT2D eigenvalue weighted by Crippen LogP contribution is -2.10. The fourth-order valence-electron chi connectivity index (χ4n) is 3.63. The summed E-state index contributed by atoms with van der Waals surface area (Å²) in [6, 6.07) is 31.7. The summed E-state index contributed by atoms with van der Waals surface area (Å²) in [6.45, 7) is 0.421. The Kier molecular flexibility index (Phi) is 4.59. The van der Waals surface area contributed by atoms with Gasteiger partial charge in [0.1, 0.15) is 18.5 Å². The number of hydrogen-bond donors (Lipinski definition) is 0. The van der Waals surface area contributed by atoms with Gasteiger partial charge in [0.05, 0.1) is 5.56 Å². The molecule has 0 N–H and O–H groups in total. The second kappa shape index (κ2) is 7.53. The lowest BCUT2D eigenvalue weighted by atomic mass is 10.00. The maximum absolute atomic E-state index is 13.1. The Morgan fingerprint density at radius 3 is 2.38 bits per heavy atom. The summed E-state index contributed by atoms with van der Waals surface area (Å²) >= 11 is 0. The lowest BCUT2D eigenvalue weighted by Gasteiger charge is -2.10. The van der Waals surface area contributed by atoms with E-state index in [2.05, 4.69) is 24.3 Å². The molecule has 2 atom stereocenters. The number of ketones is 1. The van der Waals surface area contributed by atoms with Crippen molar-refractivity contribution < 1.29 is 14.3 Å². The van der Waals surface area contributed by atoms with E-state index in [1.807, 2.05) is 72.8 Å². The van der Waals surface area contributed by atoms with Crippen molar-refractivity contribution >= 4 is 16.6 Å². The van der Waals surface area contributed by atoms with E-state index in [1.54, 1.807) is 0 Å². The van der Waals surface area contributed by atoms with E-state index in [1.165, 1.54) is 5.39 Å². The molecular formula is C26H20O3. The molecule has 0 aliphatic carbocycles. The Labute approximate surface area is 169 Å². The summed E-state index contributed by atoms with van der Waals surface area (Å²) in [6.07, 6.45) is -0.660. The molecule has 4 aromatic carbocycles. The first-order valence-corrected chi connectivity index (χ1v) is 9.74. The summed E-state index contributed by atoms with van der Waals surface area (Å²) < 4.78 is 11.7. The number of carbonyl (C=O) groups excluding carboxylic acids is 1. The van der Waals surface area contributed by atoms with Gasteiger partial charge in [0.2, 0.25) is 0 Å². The molecule has 0 saturated carbocycles. The van der Waals surface area contributed by atoms with Gasteiger partial charge < -0.3 is 9.47 Å². The molecule has 3 nitrogen and oxygen atoms in total. The largest absolute Gasteiger partial charge is 0.488 e. The van der Waals surface area contributed by atoms with Gasteiger partial charge in [-0.15, -0.1) is 0 Å². The third kappa shape index (κ3) is 3.65. The van der Waals surface area contributed by atoms with E-state index in [0.717, 1.165) is 16.5 Å². The molecule has 2 unspecified atom stereocenters. The normalized spacial score (nSPS) is 17.8. The van der Waals surface area contributed by atoms with Crippen LogP contribution >= 0.6 is 0 Å². The first-order valence-electron chi connectivity index (χ1n) is 9.74. The number of epoxide rings is 1. The molecule has 29 heavy (non-hydrogen) atoms. The molecule has 0 amide bonds. The Bertz CT molecular complexity index is 1170. The maximum Gasteiger partial charge on any atom is 0.198 e. The quantitative estimate of drug-likeness (QED) is 0.316. The van der Waals surface area contributed by atoms with Crippen LogP contribution in [0, 0.1) is 0 Å². The van der Waals surface area contributed by atoms with Gasteiger partial charge in [-0.3, -0.25) is 4.79 Å². The van der Waals surface area contributed by atoms with Crippen LogP contribution < -0.4 is 4.74 Å². The number of benzene rings is 4. The fraction of sp³-hybridized carbons (Fsp3) is 0.115. The van der Waals surface area contributed by atoms with Crippen molar-refractivity contribution in [2.24, 2.45) is 0 Å². The summed E-state index contributed by atoms with van der Waals surface area (Å²) in [5.41, 5.74) is 2.66. The Balaban J connectivity index is 1.33. The van der Waals surface area contributed by atoms with Crippen LogP contribution in [-0.4, -0.2) is 11.9 Å². The molecule has 1 aliphatic rings. The van der Waals surface area contributed by atoms with Crippen LogP contribution in [0.15, 0.2) is 97.1 Å². The molecule has 0 bridgehead atoms. The zero-order valence-corrected chi connectivity index (χ0v) is 15.8. The average Bonchev–Trinajstić information content (AvgIpc) is 3.59. The number of ether oxygens (including phenoxy) is 2. The third-order valence-electron chi connectivity index (χ3n) is 5.24. The topological polar surface area (TPSA) is 38.8 Å². The van der Waals surface area contributed by atoms with Crippen LogP contribution in [0.4, 0.5) is 0 Å². The molecule has 5 rings (SSSR count). The molecule has 1 heterocycles. The number of carbonyl (C=O) groups is 1. The monoisotopic (exact) mass is 380 g/mol. The minimum Gasteiger partial charge on any atom is -0.488 e. The number of rotatable bonds is 6. The third-order valence-corrected chi connectivity index (χ3v) is 5.24. The Morgan fingerprint density at radius 1 is 0.793 bits per heavy atom. The van der Waals surface area contributed by atoms with E-state index in [9.17, 15) is 4.79 Å². The number of fused-ring (bicyclic) bond motifs is 1. The Hall–Kier alpha value is -3.43. The SMILES string of the molecule is O=C(c1ccccc1OCc1ccccc1)C1OC1c1ccc2ccccc2c1. The lowest BCUT2D eigenvalue weighted by molar-refractivity contribution is 0.0949. The summed E-state index contributed by atoms with van der Waals surface area (Å²) in [5.74, 6) is 0.556. The van der Waals surface area contributed by atoms with Crippen molar-refractivity contribution in [2.45, 2.75) is 18.8 Å². The average molecular weight is 380 g/mol. The molecule has 4 aromatic rings. The van der Waals surface area contributed by atoms with Crippen LogP contribution in [0.1, 0.15) is 27.6 Å². The van der Waals surface area contributed by atoms with Gasteiger partial charge in [0.25, 0.3) is 0 Å². The van der Waals surface area contributed by atoms with Crippen LogP contribution in [-0.2, 0) is 11.3 Å². The van der Waals surface area contributed by atoms with E-state index >= 15 is 0 Å². The summed E-state index contributed by atoms with van der Waals surface area (Å²) in [5, 5.41) is 2.33. The van der Waals surface area contributed by atoms with Crippen molar-refractivity contribution in [3.05, 3.63) is 114 Å². The predicted molar refractivity (Wildman–Crippen MR) is 113 cm³/mol. The van der Waals surface area contributed by atoms with Crippen LogP contribution in [0.2, 0.25) is 0 Å². The number of Topliss-reactive ketones (excluding diaryl/α,β-unsaturated/α-hetero) is 1. The standard InChI is InChI=1S/C26H20O3/c27-24(22-12-6-7-13-23(22)28-17-18-8-2-1-3-9-18)26-25(29-26)21-15-14-19-10-4-5-11-20(19)16-21/h1-16,25-26H,17H2. The smallest absolute Gasteiger partial charge is 0.198 e. The van der Waals surface area contributed by atoms with Gasteiger partial charge in [0, 0.05) is 0 Å². The molecular weight excluding hydrogens is 360 g/mol. The van der Waals surface area contributed by atoms with Crippen molar-refractivity contribution in [1.82, 2.24) is 0 Å². The molecule has 0 aromatic heterocycles. The van der Waals surface area contributed by atoms with Crippen LogP contribution in [0.3, 0.4) is 0 Å². The number of para-hydroxylation sites is 1. The fourth-order valence-corrected chi connectivity index (χ4v) is 3.63. The zero-order chi connectivity index (χ0) is 19.6. The van der Waals surface area contributed by atoms with Gasteiger partial charge in [-0.1, -0.05) is 78.9 Å². The molecule has 1 fully saturated rings. The van der Waals surface area contributed by atoms with E-state index < -0.39 is 6.10 Å². The molecule has 0 radical (unpaired) electrons. The zero-order valence-electron chi connectivity index (χ0n) is 15.8. The summed E-state index contributed by atoms with van der Waals surface area (Å²) in [7, 11) is 0. The van der Waals surface area contributed by atoms with Gasteiger partial charge in [-0.2, -0.15) is 0 Å². The van der Waals surface area contributed by atoms with Crippen molar-refractivity contribution in [3.63, 3.8) is 0 Å². The van der Waals surface area contributed by atoms with Crippen LogP contribution in [0.25, 0.3) is 10.8 Å². The first kappa shape index (κ1) is 17.7. The molecule has 142 valence electrons. The predicted octanol–water partition coefficient (Wildman–Crippen LogP) is 5.74. The van der Waals surface area contributed by atoms with Crippen molar-refractivity contribution in [1.29, 1.82) is 0 Å². The second-order valence-corrected chi connectivity index (χ2v) is 7.22. The van der Waals surface area contributed by atoms with Gasteiger partial charge in [0.15, 0.2) is 11.9 Å². The van der Waals surface area contributed by atoms with Crippen molar-refractivity contribution in [3.8, 4) is 5.75 Å². The molecule has 1 saturated heterocycles. The maximum atomic E-state index is 13.1. The van der Waals surface area contributed by atoms with Gasteiger partial charge in [-0.05, 0) is 40.1 Å². The van der Waals surface area contributed by atoms with Gasteiger partial charge >= 0.3 is 0 Å². The highest BCUT2D eigenvalue weighted by Crippen LogP contribution is 2.42. The minimum absolute atomic E-state index is 0.0354. The number of hydrogen-bond acceptors (Lipinski definition) is 3. The summed E-state index contributed by atoms with van der Waals surface area (Å²) in [4.78, 5) is 13.1. The van der Waals surface area contributed by atoms with E-state index in [0.29, 0.717) is 17.9 Å². The van der Waals surface area contributed by atoms with Gasteiger partial charge in [-0.25, -0.2) is 0 Å². The van der Waals surface area contributed by atoms with Crippen molar-refractivity contribution in [2.75, 3.05) is 0 Å². The van der Waals surface area contributed by atoms with E-state index in [-0.39, 0.29) is 11.9 Å². The molecule has 1 aliphatic heterocycles. The van der Waals surface area contributed by atoms with E-state index in [4.69, 9.17) is 9.47 Å². The highest BCUT2D eigenvalue weighted by atomic mass is 16.6. The minimum atomic E-state index is -0.461.